The van der Waals surface area contributed by atoms with E-state index in [2.05, 4.69) is 78.5 Å². The Morgan fingerprint density at radius 3 is 2.38 bits per heavy atom. The molecule has 148 valence electrons. The summed E-state index contributed by atoms with van der Waals surface area (Å²) >= 11 is 3.34. The first-order chi connectivity index (χ1) is 14.2. The highest BCUT2D eigenvalue weighted by Gasteiger charge is 2.17. The molecule has 1 fully saturated rings. The number of anilines is 2. The molecule has 1 aliphatic rings. The van der Waals surface area contributed by atoms with Crippen molar-refractivity contribution in [3.63, 3.8) is 0 Å². The first-order valence-electron chi connectivity index (χ1n) is 9.70. The van der Waals surface area contributed by atoms with Crippen LogP contribution in [0.3, 0.4) is 0 Å². The van der Waals surface area contributed by atoms with Gasteiger partial charge in [-0.05, 0) is 51.8 Å². The normalized spacial score (nSPS) is 14.6. The van der Waals surface area contributed by atoms with E-state index in [0.717, 1.165) is 42.9 Å². The van der Waals surface area contributed by atoms with Crippen LogP contribution in [0.4, 0.5) is 11.4 Å². The zero-order valence-corrected chi connectivity index (χ0v) is 17.7. The van der Waals surface area contributed by atoms with Crippen LogP contribution in [0, 0.1) is 0 Å². The van der Waals surface area contributed by atoms with Crippen LogP contribution in [0.15, 0.2) is 77.5 Å². The lowest BCUT2D eigenvalue weighted by Gasteiger charge is -2.36. The van der Waals surface area contributed by atoms with E-state index in [0.29, 0.717) is 5.56 Å². The monoisotopic (exact) mass is 450 g/mol. The second-order valence-electron chi connectivity index (χ2n) is 7.14. The van der Waals surface area contributed by atoms with Crippen LogP contribution < -0.4 is 10.2 Å². The van der Waals surface area contributed by atoms with E-state index in [1.165, 1.54) is 11.3 Å². The molecule has 1 saturated heterocycles. The predicted molar refractivity (Wildman–Crippen MR) is 120 cm³/mol. The van der Waals surface area contributed by atoms with Gasteiger partial charge in [0, 0.05) is 61.0 Å². The summed E-state index contributed by atoms with van der Waals surface area (Å²) in [6.07, 6.45) is 3.22. The fourth-order valence-corrected chi connectivity index (χ4v) is 3.87. The van der Waals surface area contributed by atoms with E-state index in [1.54, 1.807) is 18.5 Å². The number of rotatable bonds is 5. The lowest BCUT2D eigenvalue weighted by Crippen LogP contribution is -2.45. The molecule has 1 aliphatic heterocycles. The number of carbonyl (C=O) groups excluding carboxylic acids is 1. The smallest absolute Gasteiger partial charge is 0.257 e. The summed E-state index contributed by atoms with van der Waals surface area (Å²) in [5.41, 5.74) is 3.85. The number of aromatic nitrogens is 1. The Hall–Kier alpha value is -2.70. The van der Waals surface area contributed by atoms with Crippen molar-refractivity contribution in [1.82, 2.24) is 9.88 Å². The van der Waals surface area contributed by atoms with Crippen molar-refractivity contribution in [2.75, 3.05) is 36.4 Å². The molecule has 1 amide bonds. The van der Waals surface area contributed by atoms with Crippen molar-refractivity contribution in [3.05, 3.63) is 88.7 Å². The van der Waals surface area contributed by atoms with E-state index in [4.69, 9.17) is 0 Å². The molecular weight excluding hydrogens is 428 g/mol. The molecular formula is C23H23BrN4O. The molecule has 1 aromatic heterocycles. The molecule has 0 radical (unpaired) electrons. The van der Waals surface area contributed by atoms with Crippen molar-refractivity contribution in [2.45, 2.75) is 6.54 Å². The number of benzene rings is 2. The minimum absolute atomic E-state index is 0.166. The Bertz CT molecular complexity index is 954. The van der Waals surface area contributed by atoms with Gasteiger partial charge in [0.05, 0.1) is 5.56 Å². The van der Waals surface area contributed by atoms with Crippen LogP contribution in [0.5, 0.6) is 0 Å². The zero-order valence-electron chi connectivity index (χ0n) is 16.1. The number of hydrogen-bond donors (Lipinski definition) is 1. The highest BCUT2D eigenvalue weighted by Crippen LogP contribution is 2.21. The largest absolute Gasteiger partial charge is 0.369 e. The topological polar surface area (TPSA) is 48.5 Å². The first kappa shape index (κ1) is 19.6. The van der Waals surface area contributed by atoms with E-state index >= 15 is 0 Å². The maximum atomic E-state index is 12.4. The van der Waals surface area contributed by atoms with Gasteiger partial charge < -0.3 is 10.2 Å². The fourth-order valence-electron chi connectivity index (χ4n) is 3.50. The summed E-state index contributed by atoms with van der Waals surface area (Å²) in [4.78, 5) is 21.3. The predicted octanol–water partition coefficient (Wildman–Crippen LogP) is 4.42. The average Bonchev–Trinajstić information content (AvgIpc) is 2.76. The standard InChI is InChI=1S/C23H23BrN4O/c24-20-14-19(15-25-16-20)23(29)26-21-6-8-22(9-7-21)28-12-10-27(11-13-28)17-18-4-2-1-3-5-18/h1-9,14-16H,10-13,17H2,(H,26,29). The van der Waals surface area contributed by atoms with Crippen LogP contribution >= 0.6 is 15.9 Å². The summed E-state index contributed by atoms with van der Waals surface area (Å²) in [7, 11) is 0. The fraction of sp³-hybridized carbons (Fsp3) is 0.217. The van der Waals surface area contributed by atoms with Gasteiger partial charge in [-0.15, -0.1) is 0 Å². The molecule has 0 unspecified atom stereocenters. The number of pyridine rings is 1. The van der Waals surface area contributed by atoms with Gasteiger partial charge in [0.2, 0.25) is 0 Å². The molecule has 0 saturated carbocycles. The van der Waals surface area contributed by atoms with Gasteiger partial charge >= 0.3 is 0 Å². The SMILES string of the molecule is O=C(Nc1ccc(N2CCN(Cc3ccccc3)CC2)cc1)c1cncc(Br)c1. The summed E-state index contributed by atoms with van der Waals surface area (Å²) in [6.45, 7) is 5.10. The third-order valence-electron chi connectivity index (χ3n) is 5.08. The zero-order chi connectivity index (χ0) is 20.1. The van der Waals surface area contributed by atoms with Gasteiger partial charge in [0.25, 0.3) is 5.91 Å². The highest BCUT2D eigenvalue weighted by molar-refractivity contribution is 9.10. The molecule has 0 atom stereocenters. The minimum Gasteiger partial charge on any atom is -0.369 e. The number of carbonyl (C=O) groups is 1. The summed E-state index contributed by atoms with van der Waals surface area (Å²) in [6, 6.07) is 20.4. The van der Waals surface area contributed by atoms with E-state index in [1.807, 2.05) is 12.1 Å². The minimum atomic E-state index is -0.166. The van der Waals surface area contributed by atoms with Crippen LogP contribution in [-0.4, -0.2) is 42.0 Å². The summed E-state index contributed by atoms with van der Waals surface area (Å²) < 4.78 is 0.784. The lowest BCUT2D eigenvalue weighted by molar-refractivity contribution is 0.102. The van der Waals surface area contributed by atoms with Gasteiger partial charge in [-0.1, -0.05) is 30.3 Å². The Morgan fingerprint density at radius 1 is 0.966 bits per heavy atom. The van der Waals surface area contributed by atoms with Gasteiger partial charge in [0.15, 0.2) is 0 Å². The highest BCUT2D eigenvalue weighted by atomic mass is 79.9. The first-order valence-corrected chi connectivity index (χ1v) is 10.5. The molecule has 4 rings (SSSR count). The Kier molecular flexibility index (Phi) is 6.22. The van der Waals surface area contributed by atoms with Gasteiger partial charge in [-0.25, -0.2) is 0 Å². The summed E-state index contributed by atoms with van der Waals surface area (Å²) in [5, 5.41) is 2.92. The molecule has 1 N–H and O–H groups in total. The average molecular weight is 451 g/mol. The number of amides is 1. The molecule has 2 heterocycles. The number of halogens is 1. The Morgan fingerprint density at radius 2 is 1.69 bits per heavy atom. The Labute approximate surface area is 179 Å². The van der Waals surface area contributed by atoms with Crippen LogP contribution in [0.1, 0.15) is 15.9 Å². The molecule has 2 aromatic carbocycles. The van der Waals surface area contributed by atoms with Crippen molar-refractivity contribution in [3.8, 4) is 0 Å². The third-order valence-corrected chi connectivity index (χ3v) is 5.51. The second-order valence-corrected chi connectivity index (χ2v) is 8.06. The molecule has 5 nitrogen and oxygen atoms in total. The van der Waals surface area contributed by atoms with Gasteiger partial charge in [-0.3, -0.25) is 14.7 Å². The maximum Gasteiger partial charge on any atom is 0.257 e. The molecule has 6 heteroatoms. The number of nitrogens with one attached hydrogen (secondary N) is 1. The molecule has 29 heavy (non-hydrogen) atoms. The number of hydrogen-bond acceptors (Lipinski definition) is 4. The van der Waals surface area contributed by atoms with E-state index in [9.17, 15) is 4.79 Å². The van der Waals surface area contributed by atoms with Crippen molar-refractivity contribution < 1.29 is 4.79 Å². The van der Waals surface area contributed by atoms with Crippen LogP contribution in [0.25, 0.3) is 0 Å². The maximum absolute atomic E-state index is 12.4. The van der Waals surface area contributed by atoms with Crippen LogP contribution in [-0.2, 0) is 6.54 Å². The number of nitrogens with zero attached hydrogens (tertiary/aromatic N) is 3. The van der Waals surface area contributed by atoms with Crippen molar-refractivity contribution in [2.24, 2.45) is 0 Å². The molecule has 3 aromatic rings. The van der Waals surface area contributed by atoms with Crippen molar-refractivity contribution in [1.29, 1.82) is 0 Å². The van der Waals surface area contributed by atoms with Gasteiger partial charge in [0.1, 0.15) is 0 Å². The van der Waals surface area contributed by atoms with Crippen LogP contribution in [0.2, 0.25) is 0 Å². The number of piperazine rings is 1. The molecule has 0 aliphatic carbocycles. The lowest BCUT2D eigenvalue weighted by atomic mass is 10.2. The van der Waals surface area contributed by atoms with Crippen molar-refractivity contribution >= 4 is 33.2 Å². The third kappa shape index (κ3) is 5.22. The molecule has 0 bridgehead atoms. The van der Waals surface area contributed by atoms with Gasteiger partial charge in [-0.2, -0.15) is 0 Å². The van der Waals surface area contributed by atoms with E-state index in [-0.39, 0.29) is 5.91 Å². The summed E-state index contributed by atoms with van der Waals surface area (Å²) in [5.74, 6) is -0.166. The Balaban J connectivity index is 1.31. The second kappa shape index (κ2) is 9.20. The quantitative estimate of drug-likeness (QED) is 0.624. The molecule has 0 spiro atoms. The van der Waals surface area contributed by atoms with E-state index < -0.39 is 0 Å².